The molecule has 6 nitrogen and oxygen atoms in total. The highest BCUT2D eigenvalue weighted by atomic mass is 16.5. The zero-order chi connectivity index (χ0) is 20.4. The molecule has 2 saturated heterocycles. The number of piperidine rings is 2. The number of rotatable bonds is 3. The molecule has 3 aliphatic rings. The van der Waals surface area contributed by atoms with Crippen LogP contribution in [0.2, 0.25) is 0 Å². The van der Waals surface area contributed by atoms with Crippen molar-refractivity contribution in [3.63, 3.8) is 0 Å². The van der Waals surface area contributed by atoms with Crippen LogP contribution in [0.15, 0.2) is 36.9 Å². The summed E-state index contributed by atoms with van der Waals surface area (Å²) in [4.78, 5) is 29.2. The fraction of sp³-hybridized carbons (Fsp3) is 0.565. The number of hydrogen-bond acceptors (Lipinski definition) is 4. The van der Waals surface area contributed by atoms with Crippen molar-refractivity contribution < 1.29 is 14.3 Å². The van der Waals surface area contributed by atoms with Gasteiger partial charge in [-0.15, -0.1) is 0 Å². The van der Waals surface area contributed by atoms with Crippen LogP contribution in [0.1, 0.15) is 43.7 Å². The maximum Gasteiger partial charge on any atom is 0.245 e. The van der Waals surface area contributed by atoms with E-state index < -0.39 is 0 Å². The van der Waals surface area contributed by atoms with Crippen LogP contribution in [0.4, 0.5) is 0 Å². The number of amides is 2. The van der Waals surface area contributed by atoms with Crippen molar-refractivity contribution in [2.75, 3.05) is 33.2 Å². The number of hydrogen-bond donors (Lipinski definition) is 1. The normalized spacial score (nSPS) is 26.3. The lowest BCUT2D eigenvalue weighted by Gasteiger charge is -2.46. The molecule has 2 atom stereocenters. The monoisotopic (exact) mass is 397 g/mol. The van der Waals surface area contributed by atoms with Crippen LogP contribution in [-0.2, 0) is 9.59 Å². The number of carbonyl (C=O) groups excluding carboxylic acids is 2. The molecule has 3 heterocycles. The number of nitrogens with zero attached hydrogens (tertiary/aromatic N) is 2. The number of nitrogens with one attached hydrogen (secondary N) is 1. The summed E-state index contributed by atoms with van der Waals surface area (Å²) in [5, 5.41) is 3.31. The molecule has 1 N–H and O–H groups in total. The van der Waals surface area contributed by atoms with Crippen LogP contribution in [0.5, 0.6) is 5.75 Å². The Balaban J connectivity index is 1.50. The number of likely N-dealkylation sites (tertiary alicyclic amines) is 2. The second-order valence-electron chi connectivity index (χ2n) is 8.72. The molecule has 1 spiro atoms. The van der Waals surface area contributed by atoms with Gasteiger partial charge >= 0.3 is 0 Å². The van der Waals surface area contributed by atoms with Crippen LogP contribution in [-0.4, -0.2) is 60.4 Å². The highest BCUT2D eigenvalue weighted by Gasteiger charge is 2.43. The first-order valence-corrected chi connectivity index (χ1v) is 10.7. The van der Waals surface area contributed by atoms with E-state index in [-0.39, 0.29) is 29.4 Å². The van der Waals surface area contributed by atoms with E-state index in [1.165, 1.54) is 6.08 Å². The van der Waals surface area contributed by atoms with Crippen molar-refractivity contribution in [3.05, 3.63) is 42.5 Å². The Morgan fingerprint density at radius 1 is 1.24 bits per heavy atom. The molecule has 2 amide bonds. The first-order chi connectivity index (χ1) is 14.0. The van der Waals surface area contributed by atoms with Gasteiger partial charge in [-0.1, -0.05) is 24.8 Å². The van der Waals surface area contributed by atoms with Crippen molar-refractivity contribution in [2.45, 2.75) is 43.7 Å². The Hall–Kier alpha value is -2.34. The Morgan fingerprint density at radius 2 is 2.00 bits per heavy atom. The molecule has 4 rings (SSSR count). The number of para-hydroxylation sites is 1. The van der Waals surface area contributed by atoms with Gasteiger partial charge in [-0.25, -0.2) is 0 Å². The average Bonchev–Trinajstić information content (AvgIpc) is 2.75. The average molecular weight is 398 g/mol. The summed E-state index contributed by atoms with van der Waals surface area (Å²) in [7, 11) is 2.14. The molecule has 3 aliphatic heterocycles. The lowest BCUT2D eigenvalue weighted by molar-refractivity contribution is -0.132. The van der Waals surface area contributed by atoms with Crippen LogP contribution in [0, 0.1) is 5.92 Å². The molecule has 2 unspecified atom stereocenters. The molecule has 1 aromatic rings. The van der Waals surface area contributed by atoms with Gasteiger partial charge in [0.2, 0.25) is 11.8 Å². The van der Waals surface area contributed by atoms with Gasteiger partial charge in [-0.05, 0) is 44.9 Å². The van der Waals surface area contributed by atoms with Crippen LogP contribution in [0.3, 0.4) is 0 Å². The fourth-order valence-electron chi connectivity index (χ4n) is 4.89. The second-order valence-corrected chi connectivity index (χ2v) is 8.72. The predicted octanol–water partition coefficient (Wildman–Crippen LogP) is 2.52. The van der Waals surface area contributed by atoms with E-state index >= 15 is 0 Å². The van der Waals surface area contributed by atoms with Crippen LogP contribution < -0.4 is 10.1 Å². The first-order valence-electron chi connectivity index (χ1n) is 10.7. The summed E-state index contributed by atoms with van der Waals surface area (Å²) in [5.74, 6) is 0.664. The fourth-order valence-corrected chi connectivity index (χ4v) is 4.89. The summed E-state index contributed by atoms with van der Waals surface area (Å²) >= 11 is 0. The molecule has 29 heavy (non-hydrogen) atoms. The number of fused-ring (bicyclic) bond motifs is 1. The molecular weight excluding hydrogens is 366 g/mol. The summed E-state index contributed by atoms with van der Waals surface area (Å²) < 4.78 is 6.49. The van der Waals surface area contributed by atoms with Gasteiger partial charge in [0, 0.05) is 38.2 Å². The molecule has 6 heteroatoms. The smallest absolute Gasteiger partial charge is 0.245 e. The Bertz CT molecular complexity index is 785. The van der Waals surface area contributed by atoms with Crippen LogP contribution >= 0.6 is 0 Å². The largest absolute Gasteiger partial charge is 0.487 e. The quantitative estimate of drug-likeness (QED) is 0.796. The van der Waals surface area contributed by atoms with Gasteiger partial charge in [0.25, 0.3) is 0 Å². The molecule has 0 radical (unpaired) electrons. The number of carbonyl (C=O) groups is 2. The Kier molecular flexibility index (Phi) is 5.63. The topological polar surface area (TPSA) is 61.9 Å². The van der Waals surface area contributed by atoms with Crippen molar-refractivity contribution >= 4 is 11.8 Å². The molecule has 2 fully saturated rings. The molecule has 156 valence electrons. The van der Waals surface area contributed by atoms with Gasteiger partial charge in [-0.3, -0.25) is 9.59 Å². The molecule has 1 aromatic carbocycles. The van der Waals surface area contributed by atoms with Gasteiger partial charge in [0.15, 0.2) is 0 Å². The van der Waals surface area contributed by atoms with E-state index in [1.54, 1.807) is 4.90 Å². The third-order valence-electron chi connectivity index (χ3n) is 6.69. The maximum absolute atomic E-state index is 13.1. The summed E-state index contributed by atoms with van der Waals surface area (Å²) in [5.41, 5.74) is 0.844. The molecule has 0 aliphatic carbocycles. The zero-order valence-corrected chi connectivity index (χ0v) is 17.2. The third-order valence-corrected chi connectivity index (χ3v) is 6.69. The first kappa shape index (κ1) is 20.0. The van der Waals surface area contributed by atoms with E-state index in [2.05, 4.69) is 29.9 Å². The number of benzene rings is 1. The summed E-state index contributed by atoms with van der Waals surface area (Å²) in [6, 6.07) is 8.00. The van der Waals surface area contributed by atoms with Gasteiger partial charge in [0.1, 0.15) is 11.4 Å². The standard InChI is InChI=1S/C23H31N3O3/c1-3-21(27)26-12-6-7-17(16-26)22(28)24-19-15-23(10-13-25(2)14-11-23)29-20-9-5-4-8-18(19)20/h3-5,8-9,17,19H,1,6-7,10-16H2,2H3,(H,24,28). The third kappa shape index (κ3) is 4.17. The van der Waals surface area contributed by atoms with E-state index in [0.29, 0.717) is 13.1 Å². The predicted molar refractivity (Wildman–Crippen MR) is 112 cm³/mol. The van der Waals surface area contributed by atoms with Crippen molar-refractivity contribution in [2.24, 2.45) is 5.92 Å². The zero-order valence-electron chi connectivity index (χ0n) is 17.2. The lowest BCUT2D eigenvalue weighted by Crippen LogP contribution is -2.52. The summed E-state index contributed by atoms with van der Waals surface area (Å²) in [6.07, 6.45) is 5.72. The SMILES string of the molecule is C=CC(=O)N1CCCC(C(=O)NC2CC3(CCN(C)CC3)Oc3ccccc32)C1. The van der Waals surface area contributed by atoms with Gasteiger partial charge in [0.05, 0.1) is 12.0 Å². The minimum Gasteiger partial charge on any atom is -0.487 e. The highest BCUT2D eigenvalue weighted by molar-refractivity contribution is 5.88. The minimum atomic E-state index is -0.212. The van der Waals surface area contributed by atoms with E-state index in [9.17, 15) is 9.59 Å². The van der Waals surface area contributed by atoms with Gasteiger partial charge in [-0.2, -0.15) is 0 Å². The number of ether oxygens (including phenoxy) is 1. The highest BCUT2D eigenvalue weighted by Crippen LogP contribution is 2.44. The maximum atomic E-state index is 13.1. The molecule has 0 bridgehead atoms. The van der Waals surface area contributed by atoms with Crippen molar-refractivity contribution in [1.82, 2.24) is 15.1 Å². The van der Waals surface area contributed by atoms with E-state index in [1.807, 2.05) is 18.2 Å². The Labute approximate surface area is 172 Å². The van der Waals surface area contributed by atoms with Crippen LogP contribution in [0.25, 0.3) is 0 Å². The van der Waals surface area contributed by atoms with Gasteiger partial charge < -0.3 is 19.9 Å². The molecular formula is C23H31N3O3. The van der Waals surface area contributed by atoms with E-state index in [0.717, 1.165) is 56.5 Å². The van der Waals surface area contributed by atoms with Crippen molar-refractivity contribution in [1.29, 1.82) is 0 Å². The van der Waals surface area contributed by atoms with E-state index in [4.69, 9.17) is 4.74 Å². The minimum absolute atomic E-state index is 0.0383. The lowest BCUT2D eigenvalue weighted by atomic mass is 9.80. The second kappa shape index (κ2) is 8.19. The summed E-state index contributed by atoms with van der Waals surface area (Å²) in [6.45, 7) is 6.75. The molecule has 0 aromatic heterocycles. The van der Waals surface area contributed by atoms with Crippen molar-refractivity contribution in [3.8, 4) is 5.75 Å². The Morgan fingerprint density at radius 3 is 2.76 bits per heavy atom. The molecule has 0 saturated carbocycles.